The summed E-state index contributed by atoms with van der Waals surface area (Å²) in [5.41, 5.74) is -2.27. The summed E-state index contributed by atoms with van der Waals surface area (Å²) in [6, 6.07) is 0. The van der Waals surface area contributed by atoms with Crippen molar-refractivity contribution in [1.82, 2.24) is 0 Å². The molecule has 0 bridgehead atoms. The van der Waals surface area contributed by atoms with Crippen molar-refractivity contribution < 1.29 is 34.8 Å². The first-order chi connectivity index (χ1) is 7.78. The molecule has 0 saturated heterocycles. The molecule has 4 N–H and O–H groups in total. The molecule has 0 amide bonds. The highest BCUT2D eigenvalue weighted by Gasteiger charge is 2.37. The SMILES string of the molecule is O=C(O)CCCCC[C@@](O)(CC(=O)O)C(=O)O. The summed E-state index contributed by atoms with van der Waals surface area (Å²) in [5.74, 6) is -3.90. The maximum atomic E-state index is 10.7. The van der Waals surface area contributed by atoms with Crippen molar-refractivity contribution in [2.75, 3.05) is 0 Å². The third-order valence-electron chi connectivity index (χ3n) is 2.32. The molecule has 17 heavy (non-hydrogen) atoms. The summed E-state index contributed by atoms with van der Waals surface area (Å²) in [5, 5.41) is 35.1. The van der Waals surface area contributed by atoms with Crippen molar-refractivity contribution in [2.24, 2.45) is 0 Å². The number of aliphatic hydroxyl groups is 1. The smallest absolute Gasteiger partial charge is 0.336 e. The van der Waals surface area contributed by atoms with E-state index in [-0.39, 0.29) is 19.3 Å². The van der Waals surface area contributed by atoms with Crippen molar-refractivity contribution in [1.29, 1.82) is 0 Å². The number of aliphatic carboxylic acids is 3. The molecule has 98 valence electrons. The number of carbonyl (C=O) groups is 3. The van der Waals surface area contributed by atoms with Gasteiger partial charge in [-0.3, -0.25) is 9.59 Å². The first kappa shape index (κ1) is 15.4. The minimum absolute atomic E-state index is 0.0234. The normalized spacial score (nSPS) is 13.9. The lowest BCUT2D eigenvalue weighted by atomic mass is 9.92. The summed E-state index contributed by atoms with van der Waals surface area (Å²) in [4.78, 5) is 31.3. The van der Waals surface area contributed by atoms with Gasteiger partial charge in [0.05, 0.1) is 6.42 Å². The second-order valence-electron chi connectivity index (χ2n) is 3.86. The van der Waals surface area contributed by atoms with E-state index in [2.05, 4.69) is 0 Å². The lowest BCUT2D eigenvalue weighted by molar-refractivity contribution is -0.166. The molecular formula is C10H16O7. The molecule has 0 aliphatic carbocycles. The van der Waals surface area contributed by atoms with Gasteiger partial charge in [-0.1, -0.05) is 6.42 Å². The van der Waals surface area contributed by atoms with Gasteiger partial charge in [-0.05, 0) is 19.3 Å². The lowest BCUT2D eigenvalue weighted by Crippen LogP contribution is -2.40. The molecule has 0 heterocycles. The highest BCUT2D eigenvalue weighted by atomic mass is 16.4. The Morgan fingerprint density at radius 2 is 1.47 bits per heavy atom. The van der Waals surface area contributed by atoms with Gasteiger partial charge in [-0.2, -0.15) is 0 Å². The molecule has 0 saturated carbocycles. The van der Waals surface area contributed by atoms with Gasteiger partial charge in [0.15, 0.2) is 5.60 Å². The van der Waals surface area contributed by atoms with E-state index >= 15 is 0 Å². The van der Waals surface area contributed by atoms with E-state index in [0.717, 1.165) is 0 Å². The number of hydrogen-bond acceptors (Lipinski definition) is 4. The number of hydrogen-bond donors (Lipinski definition) is 4. The summed E-state index contributed by atoms with van der Waals surface area (Å²) in [6.07, 6.45) is -0.0110. The van der Waals surface area contributed by atoms with Crippen LogP contribution in [-0.2, 0) is 14.4 Å². The number of unbranched alkanes of at least 4 members (excludes halogenated alkanes) is 2. The molecule has 7 nitrogen and oxygen atoms in total. The fourth-order valence-corrected chi connectivity index (χ4v) is 1.39. The minimum atomic E-state index is -2.27. The Morgan fingerprint density at radius 3 is 1.88 bits per heavy atom. The maximum absolute atomic E-state index is 10.7. The van der Waals surface area contributed by atoms with E-state index in [4.69, 9.17) is 15.3 Å². The molecule has 0 unspecified atom stereocenters. The monoisotopic (exact) mass is 248 g/mol. The van der Waals surface area contributed by atoms with Gasteiger partial charge in [-0.15, -0.1) is 0 Å². The van der Waals surface area contributed by atoms with Crippen molar-refractivity contribution in [2.45, 2.75) is 44.1 Å². The molecule has 0 aromatic heterocycles. The third-order valence-corrected chi connectivity index (χ3v) is 2.32. The van der Waals surface area contributed by atoms with Crippen LogP contribution in [0.15, 0.2) is 0 Å². The largest absolute Gasteiger partial charge is 0.481 e. The highest BCUT2D eigenvalue weighted by Crippen LogP contribution is 2.20. The highest BCUT2D eigenvalue weighted by molar-refractivity contribution is 5.83. The molecule has 0 fully saturated rings. The lowest BCUT2D eigenvalue weighted by Gasteiger charge is -2.20. The van der Waals surface area contributed by atoms with E-state index in [1.165, 1.54) is 0 Å². The molecule has 1 atom stereocenters. The van der Waals surface area contributed by atoms with E-state index in [1.807, 2.05) is 0 Å². The molecule has 0 aromatic rings. The van der Waals surface area contributed by atoms with Crippen molar-refractivity contribution in [3.05, 3.63) is 0 Å². The van der Waals surface area contributed by atoms with Gasteiger partial charge >= 0.3 is 17.9 Å². The van der Waals surface area contributed by atoms with Crippen LogP contribution in [-0.4, -0.2) is 43.9 Å². The fraction of sp³-hybridized carbons (Fsp3) is 0.700. The van der Waals surface area contributed by atoms with Crippen molar-refractivity contribution in [3.63, 3.8) is 0 Å². The van der Waals surface area contributed by atoms with Gasteiger partial charge < -0.3 is 20.4 Å². The Kier molecular flexibility index (Phi) is 6.19. The number of rotatable bonds is 9. The van der Waals surface area contributed by atoms with Gasteiger partial charge in [-0.25, -0.2) is 4.79 Å². The van der Waals surface area contributed by atoms with Crippen LogP contribution in [0.3, 0.4) is 0 Å². The predicted octanol–water partition coefficient (Wildman–Crippen LogP) is 0.312. The van der Waals surface area contributed by atoms with Crippen molar-refractivity contribution in [3.8, 4) is 0 Å². The van der Waals surface area contributed by atoms with Gasteiger partial charge in [0.25, 0.3) is 0 Å². The van der Waals surface area contributed by atoms with Crippen molar-refractivity contribution >= 4 is 17.9 Å². The summed E-state index contributed by atoms with van der Waals surface area (Å²) >= 11 is 0. The Labute approximate surface area is 97.7 Å². The fourth-order valence-electron chi connectivity index (χ4n) is 1.39. The quantitative estimate of drug-likeness (QED) is 0.431. The minimum Gasteiger partial charge on any atom is -0.481 e. The van der Waals surface area contributed by atoms with Gasteiger partial charge in [0.1, 0.15) is 0 Å². The molecule has 7 heteroatoms. The molecule has 0 aliphatic rings. The Bertz CT molecular complexity index is 299. The Morgan fingerprint density at radius 1 is 0.882 bits per heavy atom. The van der Waals surface area contributed by atoms with Crippen LogP contribution in [0.1, 0.15) is 38.5 Å². The van der Waals surface area contributed by atoms with Crippen LogP contribution in [0.25, 0.3) is 0 Å². The zero-order valence-electron chi connectivity index (χ0n) is 9.26. The van der Waals surface area contributed by atoms with Gasteiger partial charge in [0, 0.05) is 6.42 Å². The molecule has 0 rings (SSSR count). The summed E-state index contributed by atoms with van der Waals surface area (Å²) in [6.45, 7) is 0. The third kappa shape index (κ3) is 6.52. The maximum Gasteiger partial charge on any atom is 0.336 e. The molecular weight excluding hydrogens is 232 g/mol. The molecule has 0 spiro atoms. The number of carboxylic acid groups (broad SMARTS) is 3. The van der Waals surface area contributed by atoms with E-state index in [1.54, 1.807) is 0 Å². The first-order valence-electron chi connectivity index (χ1n) is 5.17. The van der Waals surface area contributed by atoms with Crippen LogP contribution >= 0.6 is 0 Å². The van der Waals surface area contributed by atoms with E-state index < -0.39 is 29.9 Å². The van der Waals surface area contributed by atoms with Crippen LogP contribution in [0.4, 0.5) is 0 Å². The number of carboxylic acids is 3. The molecule has 0 aromatic carbocycles. The first-order valence-corrected chi connectivity index (χ1v) is 5.17. The average Bonchev–Trinajstić information content (AvgIpc) is 2.15. The predicted molar refractivity (Wildman–Crippen MR) is 55.6 cm³/mol. The van der Waals surface area contributed by atoms with E-state index in [0.29, 0.717) is 12.8 Å². The van der Waals surface area contributed by atoms with Crippen LogP contribution in [0, 0.1) is 0 Å². The summed E-state index contributed by atoms with van der Waals surface area (Å²) < 4.78 is 0. The standard InChI is InChI=1S/C10H16O7/c11-7(12)4-2-1-3-5-10(17,9(15)16)6-8(13)14/h17H,1-6H2,(H,11,12)(H,13,14)(H,15,16)/t10-/m1/s1. The van der Waals surface area contributed by atoms with Crippen LogP contribution in [0.2, 0.25) is 0 Å². The molecule has 0 radical (unpaired) electrons. The second-order valence-corrected chi connectivity index (χ2v) is 3.86. The zero-order chi connectivity index (χ0) is 13.5. The van der Waals surface area contributed by atoms with Gasteiger partial charge in [0.2, 0.25) is 0 Å². The van der Waals surface area contributed by atoms with E-state index in [9.17, 15) is 19.5 Å². The Hall–Kier alpha value is -1.63. The molecule has 0 aliphatic heterocycles. The Balaban J connectivity index is 4.06. The van der Waals surface area contributed by atoms with Crippen LogP contribution < -0.4 is 0 Å². The van der Waals surface area contributed by atoms with Crippen LogP contribution in [0.5, 0.6) is 0 Å². The zero-order valence-corrected chi connectivity index (χ0v) is 9.26. The summed E-state index contributed by atoms with van der Waals surface area (Å²) in [7, 11) is 0. The second kappa shape index (κ2) is 6.85. The average molecular weight is 248 g/mol. The topological polar surface area (TPSA) is 132 Å².